The molecule has 8 heteroatoms. The highest BCUT2D eigenvalue weighted by Gasteiger charge is 2.24. The molecule has 0 bridgehead atoms. The van der Waals surface area contributed by atoms with E-state index in [9.17, 15) is 13.2 Å². The van der Waals surface area contributed by atoms with Gasteiger partial charge in [-0.05, 0) is 60.7 Å². The predicted octanol–water partition coefficient (Wildman–Crippen LogP) is 4.10. The number of sulfone groups is 1. The van der Waals surface area contributed by atoms with Crippen molar-refractivity contribution in [2.45, 2.75) is 9.99 Å². The number of esters is 1. The standard InChI is InChI=1S/C18H13BrO6S/c1-23-13-4-6-14(7-5-13)24-18(20)16-10-11-17(25-16)26(21,22)15-8-2-12(19)3-9-15/h2-11H,1H3. The summed E-state index contributed by atoms with van der Waals surface area (Å²) in [6.45, 7) is 0. The number of carbonyl (C=O) groups is 1. The van der Waals surface area contributed by atoms with Crippen LogP contribution in [0.3, 0.4) is 0 Å². The van der Waals surface area contributed by atoms with Crippen LogP contribution >= 0.6 is 15.9 Å². The summed E-state index contributed by atoms with van der Waals surface area (Å²) in [7, 11) is -2.34. The lowest BCUT2D eigenvalue weighted by molar-refractivity contribution is 0.0695. The minimum atomic E-state index is -3.86. The first-order chi connectivity index (χ1) is 12.4. The van der Waals surface area contributed by atoms with Crippen LogP contribution < -0.4 is 9.47 Å². The number of hydrogen-bond donors (Lipinski definition) is 0. The van der Waals surface area contributed by atoms with Crippen molar-refractivity contribution in [3.8, 4) is 11.5 Å². The van der Waals surface area contributed by atoms with Gasteiger partial charge in [-0.2, -0.15) is 0 Å². The number of furan rings is 1. The van der Waals surface area contributed by atoms with Crippen LogP contribution in [-0.4, -0.2) is 21.5 Å². The molecule has 0 radical (unpaired) electrons. The smallest absolute Gasteiger partial charge is 0.379 e. The summed E-state index contributed by atoms with van der Waals surface area (Å²) in [4.78, 5) is 12.2. The van der Waals surface area contributed by atoms with E-state index in [0.717, 1.165) is 4.47 Å². The molecule has 0 saturated heterocycles. The van der Waals surface area contributed by atoms with Gasteiger partial charge in [0, 0.05) is 4.47 Å². The second-order valence-corrected chi connectivity index (χ2v) is 7.94. The number of benzene rings is 2. The number of carbonyl (C=O) groups excluding carboxylic acids is 1. The van der Waals surface area contributed by atoms with Crippen LogP contribution in [-0.2, 0) is 9.84 Å². The SMILES string of the molecule is COc1ccc(OC(=O)c2ccc(S(=O)(=O)c3ccc(Br)cc3)o2)cc1. The molecule has 0 fully saturated rings. The fourth-order valence-corrected chi connectivity index (χ4v) is 3.54. The lowest BCUT2D eigenvalue weighted by Gasteiger charge is -2.04. The largest absolute Gasteiger partial charge is 0.497 e. The summed E-state index contributed by atoms with van der Waals surface area (Å²) < 4.78 is 41.2. The molecule has 134 valence electrons. The Hall–Kier alpha value is -2.58. The van der Waals surface area contributed by atoms with E-state index in [-0.39, 0.29) is 21.5 Å². The number of halogens is 1. The minimum Gasteiger partial charge on any atom is -0.497 e. The summed E-state index contributed by atoms with van der Waals surface area (Å²) in [5.41, 5.74) is 0. The molecule has 0 aliphatic carbocycles. The monoisotopic (exact) mass is 436 g/mol. The Morgan fingerprint density at radius 3 is 2.15 bits per heavy atom. The third-order valence-corrected chi connectivity index (χ3v) is 5.61. The van der Waals surface area contributed by atoms with Crippen LogP contribution in [0.1, 0.15) is 10.6 Å². The van der Waals surface area contributed by atoms with Gasteiger partial charge < -0.3 is 13.9 Å². The van der Waals surface area contributed by atoms with E-state index in [1.807, 2.05) is 0 Å². The summed E-state index contributed by atoms with van der Waals surface area (Å²) in [5, 5.41) is -0.332. The van der Waals surface area contributed by atoms with Gasteiger partial charge in [-0.1, -0.05) is 15.9 Å². The lowest BCUT2D eigenvalue weighted by atomic mass is 10.3. The normalized spacial score (nSPS) is 11.2. The van der Waals surface area contributed by atoms with E-state index in [1.54, 1.807) is 36.4 Å². The van der Waals surface area contributed by atoms with Crippen molar-refractivity contribution in [1.82, 2.24) is 0 Å². The molecule has 6 nitrogen and oxygen atoms in total. The topological polar surface area (TPSA) is 82.8 Å². The molecule has 0 atom stereocenters. The van der Waals surface area contributed by atoms with Gasteiger partial charge in [-0.3, -0.25) is 0 Å². The van der Waals surface area contributed by atoms with Crippen molar-refractivity contribution >= 4 is 31.7 Å². The van der Waals surface area contributed by atoms with Crippen molar-refractivity contribution in [3.05, 3.63) is 70.9 Å². The van der Waals surface area contributed by atoms with Crippen LogP contribution in [0.2, 0.25) is 0 Å². The molecule has 3 rings (SSSR count). The Labute approximate surface area is 158 Å². The zero-order valence-corrected chi connectivity index (χ0v) is 15.9. The Morgan fingerprint density at radius 2 is 1.54 bits per heavy atom. The van der Waals surface area contributed by atoms with E-state index < -0.39 is 15.8 Å². The molecule has 0 spiro atoms. The van der Waals surface area contributed by atoms with Crippen molar-refractivity contribution < 1.29 is 27.1 Å². The molecule has 26 heavy (non-hydrogen) atoms. The van der Waals surface area contributed by atoms with Gasteiger partial charge in [-0.25, -0.2) is 13.2 Å². The van der Waals surface area contributed by atoms with Gasteiger partial charge in [-0.15, -0.1) is 0 Å². The molecular weight excluding hydrogens is 424 g/mol. The van der Waals surface area contributed by atoms with E-state index >= 15 is 0 Å². The molecule has 0 N–H and O–H groups in total. The average Bonchev–Trinajstić information content (AvgIpc) is 3.14. The molecule has 0 aliphatic rings. The number of rotatable bonds is 5. The third-order valence-electron chi connectivity index (χ3n) is 3.44. The van der Waals surface area contributed by atoms with Gasteiger partial charge in [0.2, 0.25) is 20.7 Å². The average molecular weight is 437 g/mol. The van der Waals surface area contributed by atoms with Crippen molar-refractivity contribution in [2.75, 3.05) is 7.11 Å². The first-order valence-corrected chi connectivity index (χ1v) is 9.64. The highest BCUT2D eigenvalue weighted by molar-refractivity contribution is 9.10. The first-order valence-electron chi connectivity index (χ1n) is 7.37. The molecule has 3 aromatic rings. The van der Waals surface area contributed by atoms with Gasteiger partial charge in [0.15, 0.2) is 0 Å². The maximum absolute atomic E-state index is 12.5. The molecule has 2 aromatic carbocycles. The molecule has 0 amide bonds. The molecule has 1 heterocycles. The van der Waals surface area contributed by atoms with Crippen LogP contribution in [0, 0.1) is 0 Å². The maximum Gasteiger partial charge on any atom is 0.379 e. The van der Waals surface area contributed by atoms with Crippen molar-refractivity contribution in [1.29, 1.82) is 0 Å². The zero-order chi connectivity index (χ0) is 18.7. The Morgan fingerprint density at radius 1 is 0.923 bits per heavy atom. The highest BCUT2D eigenvalue weighted by Crippen LogP contribution is 2.25. The number of ether oxygens (including phenoxy) is 2. The Bertz CT molecular complexity index is 1020. The predicted molar refractivity (Wildman–Crippen MR) is 96.3 cm³/mol. The second-order valence-electron chi connectivity index (χ2n) is 5.14. The molecule has 0 saturated carbocycles. The second kappa shape index (κ2) is 7.35. The van der Waals surface area contributed by atoms with Gasteiger partial charge in [0.25, 0.3) is 0 Å². The summed E-state index contributed by atoms with van der Waals surface area (Å²) >= 11 is 3.24. The highest BCUT2D eigenvalue weighted by atomic mass is 79.9. The fourth-order valence-electron chi connectivity index (χ4n) is 2.11. The zero-order valence-electron chi connectivity index (χ0n) is 13.5. The van der Waals surface area contributed by atoms with E-state index in [2.05, 4.69) is 15.9 Å². The maximum atomic E-state index is 12.5. The molecule has 1 aromatic heterocycles. The Kier molecular flexibility index (Phi) is 5.15. The Balaban J connectivity index is 1.80. The molecular formula is C18H13BrO6S. The van der Waals surface area contributed by atoms with Gasteiger partial charge >= 0.3 is 5.97 Å². The van der Waals surface area contributed by atoms with E-state index in [0.29, 0.717) is 5.75 Å². The summed E-state index contributed by atoms with van der Waals surface area (Å²) in [6.07, 6.45) is 0. The van der Waals surface area contributed by atoms with E-state index in [1.165, 1.54) is 31.4 Å². The van der Waals surface area contributed by atoms with Crippen LogP contribution in [0.4, 0.5) is 0 Å². The quantitative estimate of drug-likeness (QED) is 0.442. The van der Waals surface area contributed by atoms with Gasteiger partial charge in [0.1, 0.15) is 11.5 Å². The summed E-state index contributed by atoms with van der Waals surface area (Å²) in [6, 6.07) is 15.0. The third kappa shape index (κ3) is 3.81. The minimum absolute atomic E-state index is 0.0603. The van der Waals surface area contributed by atoms with Crippen LogP contribution in [0.5, 0.6) is 11.5 Å². The first kappa shape index (κ1) is 18.2. The number of methoxy groups -OCH3 is 1. The van der Waals surface area contributed by atoms with Gasteiger partial charge in [0.05, 0.1) is 12.0 Å². The lowest BCUT2D eigenvalue weighted by Crippen LogP contribution is -2.07. The van der Waals surface area contributed by atoms with E-state index in [4.69, 9.17) is 13.9 Å². The van der Waals surface area contributed by atoms with Crippen molar-refractivity contribution in [2.24, 2.45) is 0 Å². The fraction of sp³-hybridized carbons (Fsp3) is 0.0556. The molecule has 0 unspecified atom stereocenters. The molecule has 0 aliphatic heterocycles. The van der Waals surface area contributed by atoms with Crippen LogP contribution in [0.15, 0.2) is 79.5 Å². The van der Waals surface area contributed by atoms with Crippen LogP contribution in [0.25, 0.3) is 0 Å². The van der Waals surface area contributed by atoms with Crippen molar-refractivity contribution in [3.63, 3.8) is 0 Å². The number of hydrogen-bond acceptors (Lipinski definition) is 6. The summed E-state index contributed by atoms with van der Waals surface area (Å²) in [5.74, 6) is -0.112.